The van der Waals surface area contributed by atoms with Crippen LogP contribution in [0.5, 0.6) is 17.2 Å². The summed E-state index contributed by atoms with van der Waals surface area (Å²) >= 11 is 6.48. The third kappa shape index (κ3) is 6.48. The van der Waals surface area contributed by atoms with Crippen LogP contribution in [0.1, 0.15) is 30.5 Å². The predicted octanol–water partition coefficient (Wildman–Crippen LogP) is 4.14. The van der Waals surface area contributed by atoms with Crippen molar-refractivity contribution in [2.24, 2.45) is 0 Å². The zero-order valence-electron chi connectivity index (χ0n) is 26.5. The predicted molar refractivity (Wildman–Crippen MR) is 176 cm³/mol. The first-order chi connectivity index (χ1) is 23.0. The van der Waals surface area contributed by atoms with E-state index in [1.165, 1.54) is 61.3 Å². The smallest absolute Gasteiger partial charge is 0.497 e. The molecule has 2 heterocycles. The number of anilines is 1. The van der Waals surface area contributed by atoms with E-state index in [0.717, 1.165) is 19.2 Å². The largest absolute Gasteiger partial charge is 0.573 e. The minimum absolute atomic E-state index is 0. The monoisotopic (exact) mass is 741 g/mol. The van der Waals surface area contributed by atoms with Crippen molar-refractivity contribution in [3.05, 3.63) is 76.3 Å². The van der Waals surface area contributed by atoms with E-state index in [9.17, 15) is 36.3 Å². The number of likely N-dealkylation sites (N-methyl/N-ethyl adjacent to an activating group) is 1. The second kappa shape index (κ2) is 14.1. The molecule has 2 aliphatic rings. The normalized spacial score (nSPS) is 20.6. The third-order valence-corrected chi connectivity index (χ3v) is 10.3. The van der Waals surface area contributed by atoms with Gasteiger partial charge in [0.2, 0.25) is 5.91 Å². The van der Waals surface area contributed by atoms with Crippen molar-refractivity contribution in [2.45, 2.75) is 49.2 Å². The number of aliphatic hydroxyl groups is 1. The number of carbonyl (C=O) groups is 3. The zero-order chi connectivity index (χ0) is 36.1. The van der Waals surface area contributed by atoms with Crippen molar-refractivity contribution in [1.29, 1.82) is 0 Å². The molecule has 3 aromatic carbocycles. The molecule has 5 rings (SSSR count). The highest BCUT2D eigenvalue weighted by Crippen LogP contribution is 2.55. The van der Waals surface area contributed by atoms with E-state index >= 15 is 4.79 Å². The number of nitrogens with zero attached hydrogens (tertiary/aromatic N) is 3. The van der Waals surface area contributed by atoms with Crippen LogP contribution in [0.2, 0.25) is 5.02 Å². The second-order valence-electron chi connectivity index (χ2n) is 11.5. The Bertz CT molecular complexity index is 1930. The van der Waals surface area contributed by atoms with Crippen LogP contribution in [0.25, 0.3) is 0 Å². The Morgan fingerprint density at radius 3 is 2.36 bits per heavy atom. The van der Waals surface area contributed by atoms with Gasteiger partial charge in [-0.3, -0.25) is 14.5 Å². The molecule has 0 aliphatic carbocycles. The number of hydrogen-bond donors (Lipinski definition) is 1. The standard InChI is InChI=1S/C32H31ClF3N3O9S.CH4/c1-37(2)29(42)25-15-20(41)17-38(25)31(23-13-18(11-12-40)5-9-26(23)47-4)22-14-19(33)6-8-24(22)39(30(31)43)49(44,45)28-10-7-21(46-3)16-27(28)48-32(34,35)36;/h5-10,12-14,16,20,25,41H,11,15,17H2,1-4H3;1H4/t20-,25+,31?;/m1./s1. The van der Waals surface area contributed by atoms with Gasteiger partial charge in [-0.2, -0.15) is 0 Å². The van der Waals surface area contributed by atoms with Crippen LogP contribution >= 0.6 is 11.6 Å². The van der Waals surface area contributed by atoms with Crippen molar-refractivity contribution < 1.29 is 55.3 Å². The van der Waals surface area contributed by atoms with E-state index < -0.39 is 56.5 Å². The molecule has 2 amide bonds. The maximum Gasteiger partial charge on any atom is 0.573 e. The molecular formula is C33H35ClF3N3O9S. The lowest BCUT2D eigenvalue weighted by Crippen LogP contribution is -2.59. The van der Waals surface area contributed by atoms with E-state index in [1.54, 1.807) is 6.07 Å². The summed E-state index contributed by atoms with van der Waals surface area (Å²) in [5.74, 6) is -3.08. The fraction of sp³-hybridized carbons (Fsp3) is 0.364. The fourth-order valence-corrected chi connectivity index (χ4v) is 8.12. The van der Waals surface area contributed by atoms with E-state index in [2.05, 4.69) is 4.74 Å². The summed E-state index contributed by atoms with van der Waals surface area (Å²) in [6, 6.07) is 9.64. The minimum Gasteiger partial charge on any atom is -0.497 e. The fourth-order valence-electron chi connectivity index (χ4n) is 6.39. The Hall–Kier alpha value is -4.38. The summed E-state index contributed by atoms with van der Waals surface area (Å²) in [5.41, 5.74) is -2.30. The van der Waals surface area contributed by atoms with Crippen LogP contribution in [-0.2, 0) is 36.4 Å². The Labute approximate surface area is 291 Å². The summed E-state index contributed by atoms with van der Waals surface area (Å²) in [5, 5.41) is 11.0. The highest BCUT2D eigenvalue weighted by atomic mass is 35.5. The number of hydrogen-bond acceptors (Lipinski definition) is 10. The number of amides is 2. The Kier molecular flexibility index (Phi) is 10.8. The summed E-state index contributed by atoms with van der Waals surface area (Å²) in [6.45, 7) is -0.331. The third-order valence-electron chi connectivity index (χ3n) is 8.36. The molecule has 0 aromatic heterocycles. The van der Waals surface area contributed by atoms with Crippen LogP contribution < -0.4 is 18.5 Å². The molecule has 0 bridgehead atoms. The molecule has 1 unspecified atom stereocenters. The molecule has 3 aromatic rings. The van der Waals surface area contributed by atoms with E-state index in [4.69, 9.17) is 21.1 Å². The van der Waals surface area contributed by atoms with Crippen LogP contribution in [0, 0.1) is 0 Å². The van der Waals surface area contributed by atoms with Crippen LogP contribution in [-0.4, -0.2) is 94.8 Å². The number of carbonyl (C=O) groups excluding carboxylic acids is 3. The van der Waals surface area contributed by atoms with E-state index in [-0.39, 0.29) is 60.1 Å². The lowest BCUT2D eigenvalue weighted by Gasteiger charge is -2.42. The molecule has 270 valence electrons. The number of aliphatic hydroxyl groups excluding tert-OH is 1. The molecule has 2 aliphatic heterocycles. The molecule has 1 N–H and O–H groups in total. The van der Waals surface area contributed by atoms with Gasteiger partial charge in [0.05, 0.1) is 32.1 Å². The quantitative estimate of drug-likeness (QED) is 0.302. The molecule has 0 spiro atoms. The van der Waals surface area contributed by atoms with Crippen molar-refractivity contribution in [1.82, 2.24) is 9.80 Å². The van der Waals surface area contributed by atoms with Gasteiger partial charge >= 0.3 is 6.36 Å². The summed E-state index contributed by atoms with van der Waals surface area (Å²) < 4.78 is 85.0. The van der Waals surface area contributed by atoms with Gasteiger partial charge in [0.15, 0.2) is 11.3 Å². The van der Waals surface area contributed by atoms with Crippen LogP contribution in [0.4, 0.5) is 18.9 Å². The molecule has 12 nitrogen and oxygen atoms in total. The van der Waals surface area contributed by atoms with Crippen molar-refractivity contribution in [3.63, 3.8) is 0 Å². The molecule has 50 heavy (non-hydrogen) atoms. The number of β-amino-alcohol motifs (C(OH)–C–C–N with tert-alkyl or cyclic N) is 1. The van der Waals surface area contributed by atoms with Gasteiger partial charge in [-0.05, 0) is 54.4 Å². The van der Waals surface area contributed by atoms with Crippen molar-refractivity contribution in [3.8, 4) is 17.2 Å². The lowest BCUT2D eigenvalue weighted by molar-refractivity contribution is -0.275. The van der Waals surface area contributed by atoms with E-state index in [1.807, 2.05) is 0 Å². The number of benzene rings is 3. The number of halogens is 4. The topological polar surface area (TPSA) is 143 Å². The summed E-state index contributed by atoms with van der Waals surface area (Å²) in [7, 11) is 0.0950. The van der Waals surface area contributed by atoms with Crippen molar-refractivity contribution >= 4 is 45.4 Å². The number of alkyl halides is 3. The maximum absolute atomic E-state index is 15.3. The molecule has 17 heteroatoms. The molecule has 3 atom stereocenters. The number of fused-ring (bicyclic) bond motifs is 1. The number of likely N-dealkylation sites (tertiary alicyclic amines) is 1. The first-order valence-corrected chi connectivity index (χ1v) is 16.4. The molecule has 1 fully saturated rings. The Morgan fingerprint density at radius 1 is 1.06 bits per heavy atom. The average molecular weight is 742 g/mol. The maximum atomic E-state index is 15.3. The Balaban J connectivity index is 0.00000562. The number of ether oxygens (including phenoxy) is 3. The first-order valence-electron chi connectivity index (χ1n) is 14.6. The Morgan fingerprint density at radius 2 is 1.76 bits per heavy atom. The molecule has 1 saturated heterocycles. The highest BCUT2D eigenvalue weighted by molar-refractivity contribution is 7.93. The van der Waals surface area contributed by atoms with Gasteiger partial charge in [-0.1, -0.05) is 25.1 Å². The second-order valence-corrected chi connectivity index (χ2v) is 13.7. The number of aldehydes is 1. The number of methoxy groups -OCH3 is 2. The average Bonchev–Trinajstić information content (AvgIpc) is 3.54. The summed E-state index contributed by atoms with van der Waals surface area (Å²) in [4.78, 5) is 42.2. The number of sulfonamides is 1. The summed E-state index contributed by atoms with van der Waals surface area (Å²) in [6.07, 6.45) is -6.19. The lowest BCUT2D eigenvalue weighted by atomic mass is 9.80. The molecule has 0 saturated carbocycles. The first kappa shape index (κ1) is 38.4. The number of rotatable bonds is 10. The van der Waals surface area contributed by atoms with Gasteiger partial charge in [0.25, 0.3) is 15.9 Å². The highest BCUT2D eigenvalue weighted by Gasteiger charge is 2.64. The SMILES string of the molecule is C.COc1ccc(S(=O)(=O)N2C(=O)C(c3cc(CC=O)ccc3OC)(N3C[C@H](O)C[C@H]3C(=O)N(C)C)c3cc(Cl)ccc32)c(OC(F)(F)F)c1. The van der Waals surface area contributed by atoms with Gasteiger partial charge < -0.3 is 29.0 Å². The zero-order valence-corrected chi connectivity index (χ0v) is 28.1. The van der Waals surface area contributed by atoms with Gasteiger partial charge in [0.1, 0.15) is 22.7 Å². The van der Waals surface area contributed by atoms with Crippen LogP contribution in [0.3, 0.4) is 0 Å². The minimum atomic E-state index is -5.33. The van der Waals surface area contributed by atoms with Crippen LogP contribution in [0.15, 0.2) is 59.5 Å². The molecular weight excluding hydrogens is 707 g/mol. The van der Waals surface area contributed by atoms with E-state index in [0.29, 0.717) is 22.2 Å². The van der Waals surface area contributed by atoms with Gasteiger partial charge in [0, 0.05) is 49.3 Å². The van der Waals surface area contributed by atoms with Gasteiger partial charge in [-0.25, -0.2) is 12.7 Å². The molecule has 0 radical (unpaired) electrons. The van der Waals surface area contributed by atoms with Crippen molar-refractivity contribution in [2.75, 3.05) is 39.2 Å². The van der Waals surface area contributed by atoms with Gasteiger partial charge in [-0.15, -0.1) is 13.2 Å².